The zero-order valence-corrected chi connectivity index (χ0v) is 10.9. The van der Waals surface area contributed by atoms with Crippen LogP contribution in [0.2, 0.25) is 0 Å². The van der Waals surface area contributed by atoms with Crippen molar-refractivity contribution in [3.05, 3.63) is 0 Å². The molecule has 0 aliphatic carbocycles. The summed E-state index contributed by atoms with van der Waals surface area (Å²) in [6.07, 6.45) is 2.31. The number of methoxy groups -OCH3 is 1. The van der Waals surface area contributed by atoms with Crippen molar-refractivity contribution in [1.82, 2.24) is 10.6 Å². The first-order valence-electron chi connectivity index (χ1n) is 5.83. The van der Waals surface area contributed by atoms with E-state index in [1.807, 2.05) is 6.92 Å². The Kier molecular flexibility index (Phi) is 6.68. The summed E-state index contributed by atoms with van der Waals surface area (Å²) in [6.45, 7) is 5.44. The highest BCUT2D eigenvalue weighted by molar-refractivity contribution is 7.80. The van der Waals surface area contributed by atoms with Crippen molar-refractivity contribution in [1.29, 1.82) is 0 Å². The molecule has 0 radical (unpaired) electrons. The molecule has 0 aromatic rings. The molecule has 16 heavy (non-hydrogen) atoms. The summed E-state index contributed by atoms with van der Waals surface area (Å²) in [7, 11) is 1.69. The lowest BCUT2D eigenvalue weighted by atomic mass is 10.1. The highest BCUT2D eigenvalue weighted by Crippen LogP contribution is 2.14. The van der Waals surface area contributed by atoms with Gasteiger partial charge >= 0.3 is 0 Å². The van der Waals surface area contributed by atoms with Gasteiger partial charge in [-0.3, -0.25) is 0 Å². The molecule has 0 saturated carbocycles. The number of nitrogens with one attached hydrogen (secondary N) is 2. The number of thiocarbonyl (C=S) groups is 1. The molecular weight excluding hydrogens is 224 g/mol. The second-order valence-electron chi connectivity index (χ2n) is 4.27. The monoisotopic (exact) mass is 246 g/mol. The summed E-state index contributed by atoms with van der Waals surface area (Å²) in [5.41, 5.74) is 0. The minimum absolute atomic E-state index is 0.250. The molecule has 94 valence electrons. The van der Waals surface area contributed by atoms with Gasteiger partial charge in [0, 0.05) is 32.9 Å². The fourth-order valence-electron chi connectivity index (χ4n) is 1.77. The first-order chi connectivity index (χ1) is 7.72. The van der Waals surface area contributed by atoms with Gasteiger partial charge in [0.05, 0.1) is 6.61 Å². The largest absolute Gasteiger partial charge is 0.383 e. The molecule has 4 nitrogen and oxygen atoms in total. The Balaban J connectivity index is 2.01. The quantitative estimate of drug-likeness (QED) is 0.682. The van der Waals surface area contributed by atoms with Gasteiger partial charge in [0.2, 0.25) is 0 Å². The average molecular weight is 246 g/mol. The van der Waals surface area contributed by atoms with E-state index >= 15 is 0 Å². The lowest BCUT2D eigenvalue weighted by molar-refractivity contribution is 0.179. The zero-order valence-electron chi connectivity index (χ0n) is 10.1. The van der Waals surface area contributed by atoms with Crippen LogP contribution in [0, 0.1) is 5.92 Å². The molecule has 1 fully saturated rings. The van der Waals surface area contributed by atoms with Crippen molar-refractivity contribution < 1.29 is 9.47 Å². The molecule has 0 amide bonds. The Morgan fingerprint density at radius 2 is 2.44 bits per heavy atom. The van der Waals surface area contributed by atoms with E-state index in [-0.39, 0.29) is 6.04 Å². The van der Waals surface area contributed by atoms with Gasteiger partial charge in [0.15, 0.2) is 5.11 Å². The van der Waals surface area contributed by atoms with Crippen LogP contribution in [0.25, 0.3) is 0 Å². The SMILES string of the molecule is COCC(C)NC(=S)NCCC1CCOC1. The van der Waals surface area contributed by atoms with E-state index in [4.69, 9.17) is 21.7 Å². The van der Waals surface area contributed by atoms with Crippen molar-refractivity contribution in [3.63, 3.8) is 0 Å². The normalized spacial score (nSPS) is 21.8. The summed E-state index contributed by atoms with van der Waals surface area (Å²) in [4.78, 5) is 0. The fourth-order valence-corrected chi connectivity index (χ4v) is 2.07. The molecule has 0 bridgehead atoms. The molecule has 0 spiro atoms. The second-order valence-corrected chi connectivity index (χ2v) is 4.68. The molecular formula is C11H22N2O2S. The van der Waals surface area contributed by atoms with Gasteiger partial charge in [-0.1, -0.05) is 0 Å². The molecule has 1 aliphatic rings. The number of hydrogen-bond donors (Lipinski definition) is 2. The summed E-state index contributed by atoms with van der Waals surface area (Å²) in [5, 5.41) is 7.09. The van der Waals surface area contributed by atoms with Crippen LogP contribution in [-0.4, -0.2) is 44.6 Å². The molecule has 1 heterocycles. The summed E-state index contributed by atoms with van der Waals surface area (Å²) in [6, 6.07) is 0.250. The third kappa shape index (κ3) is 5.63. The summed E-state index contributed by atoms with van der Waals surface area (Å²) >= 11 is 5.18. The topological polar surface area (TPSA) is 42.5 Å². The predicted molar refractivity (Wildman–Crippen MR) is 68.6 cm³/mol. The summed E-state index contributed by atoms with van der Waals surface area (Å²) in [5.74, 6) is 0.701. The Bertz CT molecular complexity index is 208. The Morgan fingerprint density at radius 1 is 1.62 bits per heavy atom. The third-order valence-electron chi connectivity index (χ3n) is 2.66. The molecule has 2 unspecified atom stereocenters. The van der Waals surface area contributed by atoms with Gasteiger partial charge in [-0.05, 0) is 37.9 Å². The van der Waals surface area contributed by atoms with Gasteiger partial charge in [0.25, 0.3) is 0 Å². The van der Waals surface area contributed by atoms with Crippen molar-refractivity contribution >= 4 is 17.3 Å². The molecule has 2 atom stereocenters. The minimum Gasteiger partial charge on any atom is -0.383 e. The Hall–Kier alpha value is -0.390. The Morgan fingerprint density at radius 3 is 3.06 bits per heavy atom. The molecule has 0 aromatic heterocycles. The fraction of sp³-hybridized carbons (Fsp3) is 0.909. The first-order valence-corrected chi connectivity index (χ1v) is 6.24. The van der Waals surface area contributed by atoms with Crippen LogP contribution in [0.1, 0.15) is 19.8 Å². The van der Waals surface area contributed by atoms with Crippen molar-refractivity contribution in [2.75, 3.05) is 33.5 Å². The van der Waals surface area contributed by atoms with Gasteiger partial charge in [-0.15, -0.1) is 0 Å². The van der Waals surface area contributed by atoms with Crippen molar-refractivity contribution in [2.45, 2.75) is 25.8 Å². The van der Waals surface area contributed by atoms with E-state index < -0.39 is 0 Å². The molecule has 1 saturated heterocycles. The maximum atomic E-state index is 5.32. The maximum Gasteiger partial charge on any atom is 0.166 e. The van der Waals surface area contributed by atoms with E-state index in [0.29, 0.717) is 17.6 Å². The molecule has 1 rings (SSSR count). The number of hydrogen-bond acceptors (Lipinski definition) is 3. The first kappa shape index (κ1) is 13.7. The van der Waals surface area contributed by atoms with Crippen molar-refractivity contribution in [2.24, 2.45) is 5.92 Å². The van der Waals surface area contributed by atoms with Crippen LogP contribution in [0.5, 0.6) is 0 Å². The van der Waals surface area contributed by atoms with Crippen LogP contribution < -0.4 is 10.6 Å². The molecule has 0 aromatic carbocycles. The highest BCUT2D eigenvalue weighted by Gasteiger charge is 2.14. The molecule has 5 heteroatoms. The highest BCUT2D eigenvalue weighted by atomic mass is 32.1. The molecule has 1 aliphatic heterocycles. The van der Waals surface area contributed by atoms with Crippen LogP contribution in [0.4, 0.5) is 0 Å². The van der Waals surface area contributed by atoms with Crippen molar-refractivity contribution in [3.8, 4) is 0 Å². The maximum absolute atomic E-state index is 5.32. The lowest BCUT2D eigenvalue weighted by Crippen LogP contribution is -2.42. The van der Waals surface area contributed by atoms with E-state index in [1.54, 1.807) is 7.11 Å². The number of ether oxygens (including phenoxy) is 2. The zero-order chi connectivity index (χ0) is 11.8. The van der Waals surface area contributed by atoms with E-state index in [2.05, 4.69) is 10.6 Å². The van der Waals surface area contributed by atoms with E-state index in [1.165, 1.54) is 6.42 Å². The van der Waals surface area contributed by atoms with Gasteiger partial charge in [0.1, 0.15) is 0 Å². The molecule has 2 N–H and O–H groups in total. The predicted octanol–water partition coefficient (Wildman–Crippen LogP) is 0.912. The van der Waals surface area contributed by atoms with Crippen LogP contribution >= 0.6 is 12.2 Å². The third-order valence-corrected chi connectivity index (χ3v) is 2.92. The standard InChI is InChI=1S/C11H22N2O2S/c1-9(7-14-2)13-11(16)12-5-3-10-4-6-15-8-10/h9-10H,3-8H2,1-2H3,(H2,12,13,16). The second kappa shape index (κ2) is 7.81. The van der Waals surface area contributed by atoms with Gasteiger partial charge in [-0.25, -0.2) is 0 Å². The van der Waals surface area contributed by atoms with Gasteiger partial charge < -0.3 is 20.1 Å². The van der Waals surface area contributed by atoms with Crippen LogP contribution in [-0.2, 0) is 9.47 Å². The minimum atomic E-state index is 0.250. The average Bonchev–Trinajstić information content (AvgIpc) is 2.70. The number of rotatable bonds is 6. The lowest BCUT2D eigenvalue weighted by Gasteiger charge is -2.16. The smallest absolute Gasteiger partial charge is 0.166 e. The van der Waals surface area contributed by atoms with E-state index in [0.717, 1.165) is 26.2 Å². The van der Waals surface area contributed by atoms with E-state index in [9.17, 15) is 0 Å². The van der Waals surface area contributed by atoms with Crippen LogP contribution in [0.3, 0.4) is 0 Å². The summed E-state index contributed by atoms with van der Waals surface area (Å²) < 4.78 is 10.3. The van der Waals surface area contributed by atoms with Gasteiger partial charge in [-0.2, -0.15) is 0 Å². The Labute approximate surface area is 103 Å². The van der Waals surface area contributed by atoms with Crippen LogP contribution in [0.15, 0.2) is 0 Å².